The fourth-order valence-electron chi connectivity index (χ4n) is 4.41. The van der Waals surface area contributed by atoms with E-state index in [2.05, 4.69) is 32.8 Å². The first-order valence-electron chi connectivity index (χ1n) is 9.66. The molecule has 8 heteroatoms. The third-order valence-corrected chi connectivity index (χ3v) is 8.10. The molecule has 156 valence electrons. The second-order valence-electron chi connectivity index (χ2n) is 7.73. The highest BCUT2D eigenvalue weighted by molar-refractivity contribution is 9.10. The van der Waals surface area contributed by atoms with Gasteiger partial charge in [0.2, 0.25) is 12.3 Å². The maximum absolute atomic E-state index is 13.1. The highest BCUT2D eigenvalue weighted by atomic mass is 79.9. The van der Waals surface area contributed by atoms with Gasteiger partial charge < -0.3 is 0 Å². The molecule has 2 aliphatic carbocycles. The number of nitrogens with zero attached hydrogens (tertiary/aromatic N) is 1. The summed E-state index contributed by atoms with van der Waals surface area (Å²) in [4.78, 5) is 25.9. The van der Waals surface area contributed by atoms with E-state index in [9.17, 15) is 18.0 Å². The molecule has 2 amide bonds. The molecule has 0 spiro atoms. The third kappa shape index (κ3) is 3.70. The van der Waals surface area contributed by atoms with Crippen LogP contribution in [0, 0.1) is 23.7 Å². The average Bonchev–Trinajstić information content (AvgIpc) is 3.32. The van der Waals surface area contributed by atoms with E-state index < -0.39 is 10.0 Å². The van der Waals surface area contributed by atoms with Gasteiger partial charge in [0.25, 0.3) is 10.0 Å². The molecular formula is C22H21BrN2O4S. The Hall–Kier alpha value is -2.45. The van der Waals surface area contributed by atoms with Crippen molar-refractivity contribution < 1.29 is 18.0 Å². The molecule has 0 aliphatic heterocycles. The second kappa shape index (κ2) is 8.00. The predicted molar refractivity (Wildman–Crippen MR) is 118 cm³/mol. The minimum atomic E-state index is -3.82. The van der Waals surface area contributed by atoms with Gasteiger partial charge in [-0.3, -0.25) is 19.2 Å². The highest BCUT2D eigenvalue weighted by Gasteiger charge is 2.47. The van der Waals surface area contributed by atoms with Crippen LogP contribution in [0.2, 0.25) is 0 Å². The largest absolute Gasteiger partial charge is 0.278 e. The molecule has 1 fully saturated rings. The van der Waals surface area contributed by atoms with E-state index in [4.69, 9.17) is 0 Å². The first-order chi connectivity index (χ1) is 14.3. The van der Waals surface area contributed by atoms with Crippen LogP contribution in [-0.2, 0) is 19.6 Å². The van der Waals surface area contributed by atoms with Gasteiger partial charge in [-0.2, -0.15) is 0 Å². The number of allylic oxidation sites excluding steroid dienone is 2. The number of rotatable bonds is 6. The molecule has 0 aromatic heterocycles. The summed E-state index contributed by atoms with van der Waals surface area (Å²) in [6.07, 6.45) is 5.68. The highest BCUT2D eigenvalue weighted by Crippen LogP contribution is 2.48. The van der Waals surface area contributed by atoms with Crippen molar-refractivity contribution in [2.75, 3.05) is 9.62 Å². The number of anilines is 2. The topological polar surface area (TPSA) is 83.6 Å². The number of hydrogen-bond donors (Lipinski definition) is 1. The van der Waals surface area contributed by atoms with Gasteiger partial charge in [0.1, 0.15) is 0 Å². The zero-order valence-corrected chi connectivity index (χ0v) is 18.6. The Balaban J connectivity index is 1.55. The fraction of sp³-hybridized carbons (Fsp3) is 0.273. The number of hydrogen-bond acceptors (Lipinski definition) is 4. The minimum Gasteiger partial charge on any atom is -0.278 e. The zero-order valence-electron chi connectivity index (χ0n) is 16.2. The second-order valence-corrected chi connectivity index (χ2v) is 10.3. The standard InChI is InChI=1S/C22H21BrN2O4S/c1-14-15-6-7-16(12-15)21(14)22(27)25(13-26)17-8-10-18(11-9-17)30(28,29)24-20-5-3-2-4-19(20)23/h2-11,13-16,21,24H,12H2,1H3. The summed E-state index contributed by atoms with van der Waals surface area (Å²) in [7, 11) is -3.82. The first-order valence-corrected chi connectivity index (χ1v) is 11.9. The zero-order chi connectivity index (χ0) is 21.5. The Morgan fingerprint density at radius 1 is 1.10 bits per heavy atom. The van der Waals surface area contributed by atoms with Gasteiger partial charge in [-0.15, -0.1) is 0 Å². The van der Waals surface area contributed by atoms with Crippen LogP contribution in [0.3, 0.4) is 0 Å². The lowest BCUT2D eigenvalue weighted by Gasteiger charge is -2.27. The van der Waals surface area contributed by atoms with Crippen molar-refractivity contribution in [3.63, 3.8) is 0 Å². The molecule has 2 aromatic carbocycles. The first kappa shape index (κ1) is 20.8. The number of nitrogens with one attached hydrogen (secondary N) is 1. The third-order valence-electron chi connectivity index (χ3n) is 6.02. The Labute approximate surface area is 184 Å². The van der Waals surface area contributed by atoms with Crippen molar-refractivity contribution in [2.24, 2.45) is 23.7 Å². The minimum absolute atomic E-state index is 0.0384. The molecule has 4 atom stereocenters. The summed E-state index contributed by atoms with van der Waals surface area (Å²) in [5.41, 5.74) is 0.776. The van der Waals surface area contributed by atoms with Crippen molar-refractivity contribution >= 4 is 49.6 Å². The van der Waals surface area contributed by atoms with Crippen LogP contribution >= 0.6 is 15.9 Å². The van der Waals surface area contributed by atoms with E-state index in [1.807, 2.05) is 6.92 Å². The van der Waals surface area contributed by atoms with Crippen LogP contribution in [0.15, 0.2) is 70.1 Å². The van der Waals surface area contributed by atoms with Gasteiger partial charge in [0.05, 0.1) is 16.3 Å². The van der Waals surface area contributed by atoms with Gasteiger partial charge in [-0.1, -0.05) is 31.2 Å². The van der Waals surface area contributed by atoms with Crippen molar-refractivity contribution in [3.8, 4) is 0 Å². The number of carbonyl (C=O) groups excluding carboxylic acids is 2. The predicted octanol–water partition coefficient (Wildman–Crippen LogP) is 4.20. The van der Waals surface area contributed by atoms with E-state index in [-0.39, 0.29) is 28.6 Å². The van der Waals surface area contributed by atoms with E-state index in [1.165, 1.54) is 24.3 Å². The number of halogens is 1. The molecule has 0 saturated heterocycles. The van der Waals surface area contributed by atoms with E-state index in [0.29, 0.717) is 28.2 Å². The molecule has 0 radical (unpaired) electrons. The van der Waals surface area contributed by atoms with Gasteiger partial charge >= 0.3 is 0 Å². The van der Waals surface area contributed by atoms with E-state index in [1.54, 1.807) is 24.3 Å². The van der Waals surface area contributed by atoms with Crippen molar-refractivity contribution in [1.82, 2.24) is 0 Å². The summed E-state index contributed by atoms with van der Waals surface area (Å²) < 4.78 is 28.5. The summed E-state index contributed by atoms with van der Waals surface area (Å²) >= 11 is 3.31. The number of fused-ring (bicyclic) bond motifs is 2. The maximum Gasteiger partial charge on any atom is 0.261 e. The number of amides is 2. The molecule has 4 unspecified atom stereocenters. The smallest absolute Gasteiger partial charge is 0.261 e. The Morgan fingerprint density at radius 2 is 1.77 bits per heavy atom. The molecule has 1 N–H and O–H groups in total. The van der Waals surface area contributed by atoms with Crippen molar-refractivity contribution in [2.45, 2.75) is 18.2 Å². The lowest BCUT2D eigenvalue weighted by atomic mass is 9.83. The van der Waals surface area contributed by atoms with Crippen molar-refractivity contribution in [1.29, 1.82) is 0 Å². The SMILES string of the molecule is CC1C2C=CC(C2)C1C(=O)N(C=O)c1ccc(S(=O)(=O)Nc2ccccc2Br)cc1. The molecule has 2 aliphatic rings. The lowest BCUT2D eigenvalue weighted by Crippen LogP contribution is -2.39. The lowest BCUT2D eigenvalue weighted by molar-refractivity contribution is -0.126. The van der Waals surface area contributed by atoms with E-state index in [0.717, 1.165) is 11.3 Å². The van der Waals surface area contributed by atoms with Crippen LogP contribution in [0.4, 0.5) is 11.4 Å². The Bertz CT molecular complexity index is 1110. The number of imide groups is 1. The average molecular weight is 489 g/mol. The maximum atomic E-state index is 13.1. The number of benzene rings is 2. The molecule has 2 aromatic rings. The number of sulfonamides is 1. The molecule has 0 heterocycles. The monoisotopic (exact) mass is 488 g/mol. The molecular weight excluding hydrogens is 468 g/mol. The van der Waals surface area contributed by atoms with E-state index >= 15 is 0 Å². The van der Waals surface area contributed by atoms with Gasteiger partial charge in [0.15, 0.2) is 0 Å². The molecule has 2 bridgehead atoms. The molecule has 1 saturated carbocycles. The van der Waals surface area contributed by atoms with Crippen LogP contribution in [0.25, 0.3) is 0 Å². The number of carbonyl (C=O) groups is 2. The van der Waals surface area contributed by atoms with Crippen LogP contribution < -0.4 is 9.62 Å². The summed E-state index contributed by atoms with van der Waals surface area (Å²) in [5, 5.41) is 0. The summed E-state index contributed by atoms with van der Waals surface area (Å²) in [5.74, 6) is 0.256. The quantitative estimate of drug-likeness (QED) is 0.487. The van der Waals surface area contributed by atoms with Crippen LogP contribution in [0.5, 0.6) is 0 Å². The Morgan fingerprint density at radius 3 is 2.37 bits per heavy atom. The summed E-state index contributed by atoms with van der Waals surface area (Å²) in [6, 6.07) is 12.6. The van der Waals surface area contributed by atoms with Crippen LogP contribution in [-0.4, -0.2) is 20.7 Å². The summed E-state index contributed by atoms with van der Waals surface area (Å²) in [6.45, 7) is 2.04. The Kier molecular flexibility index (Phi) is 5.55. The van der Waals surface area contributed by atoms with Gasteiger partial charge in [0, 0.05) is 10.4 Å². The fourth-order valence-corrected chi connectivity index (χ4v) is 6.01. The molecule has 4 rings (SSSR count). The van der Waals surface area contributed by atoms with Gasteiger partial charge in [-0.05, 0) is 76.5 Å². The molecule has 30 heavy (non-hydrogen) atoms. The van der Waals surface area contributed by atoms with Gasteiger partial charge in [-0.25, -0.2) is 8.42 Å². The van der Waals surface area contributed by atoms with Crippen molar-refractivity contribution in [3.05, 3.63) is 65.2 Å². The number of para-hydroxylation sites is 1. The molecule has 6 nitrogen and oxygen atoms in total. The van der Waals surface area contributed by atoms with Crippen LogP contribution in [0.1, 0.15) is 13.3 Å². The normalized spacial score (nSPS) is 24.6.